The van der Waals surface area contributed by atoms with Gasteiger partial charge < -0.3 is 20.6 Å². The number of likely N-dealkylation sites (N-methyl/N-ethyl adjacent to an activating group) is 1. The van der Waals surface area contributed by atoms with Crippen LogP contribution in [0.2, 0.25) is 0 Å². The van der Waals surface area contributed by atoms with Gasteiger partial charge in [-0.05, 0) is 38.6 Å². The van der Waals surface area contributed by atoms with E-state index in [-0.39, 0.29) is 5.69 Å². The number of carboxylic acids is 1. The van der Waals surface area contributed by atoms with Crippen molar-refractivity contribution in [3.05, 3.63) is 17.8 Å². The molecule has 0 saturated carbocycles. The fraction of sp³-hybridized carbons (Fsp3) is 0.571. The standard InChI is InChI=1S/C14H22N4O2/c1-3-10-9-17(2)7-4-8-18(10)13-11(15)5-6-12(16-13)14(19)20/h5-6,10H,3-4,7-9,15H2,1-2H3,(H,19,20). The fourth-order valence-electron chi connectivity index (χ4n) is 2.68. The van der Waals surface area contributed by atoms with Crippen LogP contribution in [0.4, 0.5) is 11.5 Å². The zero-order chi connectivity index (χ0) is 14.7. The summed E-state index contributed by atoms with van der Waals surface area (Å²) in [6, 6.07) is 3.39. The second kappa shape index (κ2) is 6.09. The molecule has 0 spiro atoms. The van der Waals surface area contributed by atoms with E-state index in [0.29, 0.717) is 17.5 Å². The molecule has 1 aromatic rings. The number of aromatic nitrogens is 1. The molecule has 3 N–H and O–H groups in total. The monoisotopic (exact) mass is 278 g/mol. The maximum atomic E-state index is 11.1. The SMILES string of the molecule is CCC1CN(C)CCCN1c1nc(C(=O)O)ccc1N. The van der Waals surface area contributed by atoms with Crippen molar-refractivity contribution in [1.29, 1.82) is 0 Å². The van der Waals surface area contributed by atoms with E-state index in [4.69, 9.17) is 10.8 Å². The van der Waals surface area contributed by atoms with Crippen LogP contribution in [0, 0.1) is 0 Å². The molecule has 1 aliphatic rings. The van der Waals surface area contributed by atoms with E-state index in [1.165, 1.54) is 6.07 Å². The smallest absolute Gasteiger partial charge is 0.354 e. The highest BCUT2D eigenvalue weighted by molar-refractivity contribution is 5.87. The minimum atomic E-state index is -1.02. The number of carbonyl (C=O) groups is 1. The summed E-state index contributed by atoms with van der Waals surface area (Å²) >= 11 is 0. The molecule has 2 rings (SSSR count). The Hall–Kier alpha value is -1.82. The van der Waals surface area contributed by atoms with Crippen LogP contribution in [-0.2, 0) is 0 Å². The van der Waals surface area contributed by atoms with Gasteiger partial charge in [0, 0.05) is 19.1 Å². The van der Waals surface area contributed by atoms with Crippen molar-refractivity contribution in [3.8, 4) is 0 Å². The first-order valence-electron chi connectivity index (χ1n) is 6.98. The Kier molecular flexibility index (Phi) is 4.44. The van der Waals surface area contributed by atoms with Gasteiger partial charge in [-0.1, -0.05) is 6.92 Å². The van der Waals surface area contributed by atoms with Crippen LogP contribution in [0.25, 0.3) is 0 Å². The highest BCUT2D eigenvalue weighted by Gasteiger charge is 2.25. The zero-order valence-electron chi connectivity index (χ0n) is 12.0. The number of nitrogens with two attached hydrogens (primary N) is 1. The minimum Gasteiger partial charge on any atom is -0.477 e. The lowest BCUT2D eigenvalue weighted by Gasteiger charge is -2.32. The third-order valence-corrected chi connectivity index (χ3v) is 3.77. The first kappa shape index (κ1) is 14.6. The number of pyridine rings is 1. The topological polar surface area (TPSA) is 82.7 Å². The normalized spacial score (nSPS) is 20.7. The van der Waals surface area contributed by atoms with E-state index in [1.807, 2.05) is 0 Å². The number of rotatable bonds is 3. The summed E-state index contributed by atoms with van der Waals surface area (Å²) in [6.45, 7) is 4.96. The van der Waals surface area contributed by atoms with Crippen LogP contribution in [0.15, 0.2) is 12.1 Å². The summed E-state index contributed by atoms with van der Waals surface area (Å²) in [5, 5.41) is 9.09. The van der Waals surface area contributed by atoms with Crippen molar-refractivity contribution in [2.75, 3.05) is 37.3 Å². The predicted molar refractivity (Wildman–Crippen MR) is 79.1 cm³/mol. The largest absolute Gasteiger partial charge is 0.477 e. The molecule has 1 fully saturated rings. The van der Waals surface area contributed by atoms with Gasteiger partial charge >= 0.3 is 5.97 Å². The molecule has 0 radical (unpaired) electrons. The second-order valence-corrected chi connectivity index (χ2v) is 5.29. The van der Waals surface area contributed by atoms with Crippen LogP contribution in [-0.4, -0.2) is 53.7 Å². The summed E-state index contributed by atoms with van der Waals surface area (Å²) in [4.78, 5) is 19.8. The van der Waals surface area contributed by atoms with E-state index in [0.717, 1.165) is 32.5 Å². The molecule has 0 amide bonds. The van der Waals surface area contributed by atoms with Crippen LogP contribution in [0.3, 0.4) is 0 Å². The molecule has 1 atom stereocenters. The number of hydrogen-bond acceptors (Lipinski definition) is 5. The maximum Gasteiger partial charge on any atom is 0.354 e. The lowest BCUT2D eigenvalue weighted by atomic mass is 10.1. The molecule has 0 bridgehead atoms. The lowest BCUT2D eigenvalue weighted by Crippen LogP contribution is -2.40. The van der Waals surface area contributed by atoms with Gasteiger partial charge in [-0.3, -0.25) is 0 Å². The van der Waals surface area contributed by atoms with E-state index >= 15 is 0 Å². The third-order valence-electron chi connectivity index (χ3n) is 3.77. The Morgan fingerprint density at radius 3 is 2.90 bits per heavy atom. The van der Waals surface area contributed by atoms with Crippen molar-refractivity contribution in [1.82, 2.24) is 9.88 Å². The van der Waals surface area contributed by atoms with Crippen molar-refractivity contribution in [2.24, 2.45) is 0 Å². The minimum absolute atomic E-state index is 0.0432. The van der Waals surface area contributed by atoms with Crippen LogP contribution in [0.1, 0.15) is 30.3 Å². The average Bonchev–Trinajstić information content (AvgIpc) is 2.60. The van der Waals surface area contributed by atoms with Gasteiger partial charge in [-0.2, -0.15) is 0 Å². The van der Waals surface area contributed by atoms with Gasteiger partial charge in [0.05, 0.1) is 5.69 Å². The third kappa shape index (κ3) is 3.01. The molecule has 20 heavy (non-hydrogen) atoms. The van der Waals surface area contributed by atoms with E-state index < -0.39 is 5.97 Å². The zero-order valence-corrected chi connectivity index (χ0v) is 12.0. The molecular formula is C14H22N4O2. The Morgan fingerprint density at radius 2 is 2.25 bits per heavy atom. The van der Waals surface area contributed by atoms with Crippen molar-refractivity contribution in [2.45, 2.75) is 25.8 Å². The first-order valence-corrected chi connectivity index (χ1v) is 6.98. The Bertz CT molecular complexity index is 492. The van der Waals surface area contributed by atoms with Crippen molar-refractivity contribution < 1.29 is 9.90 Å². The molecule has 110 valence electrons. The molecule has 0 aliphatic carbocycles. The Labute approximate surface area is 119 Å². The number of carboxylic acid groups (broad SMARTS) is 1. The molecule has 1 saturated heterocycles. The molecule has 6 nitrogen and oxygen atoms in total. The fourth-order valence-corrected chi connectivity index (χ4v) is 2.68. The summed E-state index contributed by atoms with van der Waals surface area (Å²) in [5.41, 5.74) is 6.60. The summed E-state index contributed by atoms with van der Waals surface area (Å²) < 4.78 is 0. The van der Waals surface area contributed by atoms with Crippen molar-refractivity contribution in [3.63, 3.8) is 0 Å². The van der Waals surface area contributed by atoms with E-state index in [9.17, 15) is 4.79 Å². The average molecular weight is 278 g/mol. The predicted octanol–water partition coefficient (Wildman–Crippen LogP) is 1.28. The maximum absolute atomic E-state index is 11.1. The van der Waals surface area contributed by atoms with Crippen LogP contribution >= 0.6 is 0 Å². The van der Waals surface area contributed by atoms with Crippen LogP contribution in [0.5, 0.6) is 0 Å². The Balaban J connectivity index is 2.36. The quantitative estimate of drug-likeness (QED) is 0.866. The number of hydrogen-bond donors (Lipinski definition) is 2. The van der Waals surface area contributed by atoms with Gasteiger partial charge in [0.2, 0.25) is 0 Å². The molecule has 6 heteroatoms. The summed E-state index contributed by atoms with van der Waals surface area (Å²) in [7, 11) is 2.11. The van der Waals surface area contributed by atoms with E-state index in [1.54, 1.807) is 6.07 Å². The molecule has 1 unspecified atom stereocenters. The number of nitrogen functional groups attached to an aromatic ring is 1. The Morgan fingerprint density at radius 1 is 1.50 bits per heavy atom. The summed E-state index contributed by atoms with van der Waals surface area (Å²) in [5.74, 6) is -0.418. The molecular weight excluding hydrogens is 256 g/mol. The molecule has 0 aromatic carbocycles. The van der Waals surface area contributed by atoms with Gasteiger partial charge in [0.1, 0.15) is 0 Å². The number of aromatic carboxylic acids is 1. The highest BCUT2D eigenvalue weighted by Crippen LogP contribution is 2.26. The van der Waals surface area contributed by atoms with Gasteiger partial charge in [0.25, 0.3) is 0 Å². The molecule has 1 aromatic heterocycles. The molecule has 2 heterocycles. The highest BCUT2D eigenvalue weighted by atomic mass is 16.4. The first-order chi connectivity index (χ1) is 9.52. The number of nitrogens with zero attached hydrogens (tertiary/aromatic N) is 3. The molecule has 1 aliphatic heterocycles. The van der Waals surface area contributed by atoms with Gasteiger partial charge in [-0.25, -0.2) is 9.78 Å². The van der Waals surface area contributed by atoms with Crippen molar-refractivity contribution >= 4 is 17.5 Å². The number of anilines is 2. The summed E-state index contributed by atoms with van der Waals surface area (Å²) in [6.07, 6.45) is 1.99. The van der Waals surface area contributed by atoms with Crippen LogP contribution < -0.4 is 10.6 Å². The lowest BCUT2D eigenvalue weighted by molar-refractivity contribution is 0.0690. The second-order valence-electron chi connectivity index (χ2n) is 5.29. The van der Waals surface area contributed by atoms with E-state index in [2.05, 4.69) is 28.8 Å². The van der Waals surface area contributed by atoms with Gasteiger partial charge in [0.15, 0.2) is 11.5 Å². The van der Waals surface area contributed by atoms with Gasteiger partial charge in [-0.15, -0.1) is 0 Å².